The van der Waals surface area contributed by atoms with Gasteiger partial charge < -0.3 is 9.47 Å². The monoisotopic (exact) mass is 232 g/mol. The molecule has 1 aliphatic heterocycles. The van der Waals surface area contributed by atoms with Gasteiger partial charge in [0, 0.05) is 18.7 Å². The number of hydrogen-bond acceptors (Lipinski definition) is 4. The Balaban J connectivity index is 2.04. The molecule has 4 heteroatoms. The van der Waals surface area contributed by atoms with Gasteiger partial charge in [-0.15, -0.1) is 0 Å². The topological polar surface area (TPSA) is 47.9 Å². The number of hydrogen-bond donors (Lipinski definition) is 0. The van der Waals surface area contributed by atoms with Gasteiger partial charge in [0.1, 0.15) is 11.4 Å². The smallest absolute Gasteiger partial charge is 0.428 e. The van der Waals surface area contributed by atoms with E-state index in [0.717, 1.165) is 11.3 Å². The van der Waals surface area contributed by atoms with Crippen molar-refractivity contribution in [2.75, 3.05) is 0 Å². The van der Waals surface area contributed by atoms with Gasteiger partial charge in [0.25, 0.3) is 0 Å². The lowest BCUT2D eigenvalue weighted by molar-refractivity contribution is 0.0206. The summed E-state index contributed by atoms with van der Waals surface area (Å²) in [7, 11) is 0. The molecule has 0 bridgehead atoms. The lowest BCUT2D eigenvalue weighted by Gasteiger charge is -2.18. The predicted octanol–water partition coefficient (Wildman–Crippen LogP) is 3.27. The summed E-state index contributed by atoms with van der Waals surface area (Å²) in [5.74, 6) is 0.436. The second kappa shape index (κ2) is 4.20. The lowest BCUT2D eigenvalue weighted by atomic mass is 10.1. The van der Waals surface area contributed by atoms with Crippen LogP contribution in [-0.4, -0.2) is 18.0 Å². The third-order valence-corrected chi connectivity index (χ3v) is 2.06. The van der Waals surface area contributed by atoms with Crippen LogP contribution in [0.3, 0.4) is 0 Å². The number of fused-ring (bicyclic) bond motifs is 1. The Hall–Kier alpha value is -1.84. The number of rotatable bonds is 1. The van der Waals surface area contributed by atoms with E-state index in [0.29, 0.717) is 5.75 Å². The van der Waals surface area contributed by atoms with Crippen molar-refractivity contribution in [1.29, 1.82) is 0 Å². The Kier molecular flexibility index (Phi) is 2.88. The average Bonchev–Trinajstić information content (AvgIpc) is 2.61. The average molecular weight is 232 g/mol. The second-order valence-corrected chi connectivity index (χ2v) is 4.73. The van der Waals surface area contributed by atoms with Crippen molar-refractivity contribution < 1.29 is 14.3 Å². The number of carbonyl (C=O) groups excluding carboxylic acids is 1. The van der Waals surface area contributed by atoms with Crippen molar-refractivity contribution in [2.45, 2.75) is 26.4 Å². The summed E-state index contributed by atoms with van der Waals surface area (Å²) in [5.41, 5.74) is 1.26. The van der Waals surface area contributed by atoms with Crippen molar-refractivity contribution in [1.82, 2.24) is 0 Å². The van der Waals surface area contributed by atoms with E-state index in [1.165, 1.54) is 0 Å². The molecule has 1 radical (unpaired) electrons. The summed E-state index contributed by atoms with van der Waals surface area (Å²) in [4.78, 5) is 15.6. The molecule has 0 amide bonds. The summed E-state index contributed by atoms with van der Waals surface area (Å²) < 4.78 is 10.1. The molecule has 4 nitrogen and oxygen atoms in total. The van der Waals surface area contributed by atoms with Crippen LogP contribution in [0.25, 0.3) is 0 Å². The molecule has 17 heavy (non-hydrogen) atoms. The van der Waals surface area contributed by atoms with Crippen LogP contribution >= 0.6 is 0 Å². The predicted molar refractivity (Wildman–Crippen MR) is 64.9 cm³/mol. The van der Waals surface area contributed by atoms with Gasteiger partial charge in [0.15, 0.2) is 0 Å². The molecular weight excluding hydrogens is 218 g/mol. The van der Waals surface area contributed by atoms with E-state index < -0.39 is 11.8 Å². The largest absolute Gasteiger partial charge is 0.514 e. The quantitative estimate of drug-likeness (QED) is 0.551. The molecule has 0 atom stereocenters. The molecule has 0 aliphatic carbocycles. The van der Waals surface area contributed by atoms with Gasteiger partial charge in [0.2, 0.25) is 0 Å². The van der Waals surface area contributed by atoms with E-state index in [1.54, 1.807) is 39.1 Å². The van der Waals surface area contributed by atoms with Crippen LogP contribution in [0.2, 0.25) is 0 Å². The molecule has 1 aromatic rings. The number of aliphatic imine (C=N–C) groups is 1. The van der Waals surface area contributed by atoms with Gasteiger partial charge >= 0.3 is 6.16 Å². The molecule has 0 fully saturated rings. The molecule has 89 valence electrons. The minimum atomic E-state index is -0.705. The minimum absolute atomic E-state index is 0.436. The first-order valence-corrected chi connectivity index (χ1v) is 5.36. The number of benzene rings is 1. The van der Waals surface area contributed by atoms with E-state index in [1.807, 2.05) is 12.5 Å². The third-order valence-electron chi connectivity index (χ3n) is 2.06. The standard InChI is InChI=1S/C13H14NO3/c1-13(2,3)17-12(15)16-10-5-4-9-6-7-14-11(9)8-10/h4-8H,1-3H3. The summed E-state index contributed by atoms with van der Waals surface area (Å²) in [6.07, 6.45) is 2.90. The maximum absolute atomic E-state index is 11.4. The van der Waals surface area contributed by atoms with Gasteiger partial charge in [-0.05, 0) is 32.4 Å². The Morgan fingerprint density at radius 3 is 2.76 bits per heavy atom. The zero-order valence-corrected chi connectivity index (χ0v) is 10.1. The van der Waals surface area contributed by atoms with Crippen LogP contribution in [0.4, 0.5) is 10.5 Å². The van der Waals surface area contributed by atoms with E-state index in [-0.39, 0.29) is 0 Å². The second-order valence-electron chi connectivity index (χ2n) is 4.73. The first-order chi connectivity index (χ1) is 7.94. The van der Waals surface area contributed by atoms with E-state index in [4.69, 9.17) is 9.47 Å². The molecule has 1 aromatic carbocycles. The van der Waals surface area contributed by atoms with E-state index in [2.05, 4.69) is 4.99 Å². The molecule has 0 saturated carbocycles. The highest BCUT2D eigenvalue weighted by Crippen LogP contribution is 2.29. The fourth-order valence-electron chi connectivity index (χ4n) is 1.40. The van der Waals surface area contributed by atoms with E-state index in [9.17, 15) is 4.79 Å². The van der Waals surface area contributed by atoms with Gasteiger partial charge in [-0.3, -0.25) is 4.99 Å². The van der Waals surface area contributed by atoms with Crippen LogP contribution in [0.5, 0.6) is 5.75 Å². The van der Waals surface area contributed by atoms with Gasteiger partial charge in [-0.25, -0.2) is 4.79 Å². The highest BCUT2D eigenvalue weighted by molar-refractivity contribution is 5.85. The van der Waals surface area contributed by atoms with Gasteiger partial charge in [-0.1, -0.05) is 6.07 Å². The molecule has 2 rings (SSSR count). The van der Waals surface area contributed by atoms with Crippen LogP contribution in [-0.2, 0) is 4.74 Å². The first-order valence-electron chi connectivity index (χ1n) is 5.36. The Morgan fingerprint density at radius 1 is 1.29 bits per heavy atom. The Bertz CT molecular complexity index is 472. The first kappa shape index (κ1) is 11.6. The van der Waals surface area contributed by atoms with Crippen LogP contribution in [0, 0.1) is 6.42 Å². The fourth-order valence-corrected chi connectivity index (χ4v) is 1.40. The minimum Gasteiger partial charge on any atom is -0.428 e. The van der Waals surface area contributed by atoms with Gasteiger partial charge in [-0.2, -0.15) is 0 Å². The summed E-state index contributed by atoms with van der Waals surface area (Å²) in [6.45, 7) is 5.36. The molecule has 1 heterocycles. The van der Waals surface area contributed by atoms with Crippen LogP contribution in [0.15, 0.2) is 23.2 Å². The zero-order chi connectivity index (χ0) is 12.5. The fraction of sp³-hybridized carbons (Fsp3) is 0.308. The summed E-state index contributed by atoms with van der Waals surface area (Å²) in [6, 6.07) is 5.27. The number of ether oxygens (including phenoxy) is 2. The Morgan fingerprint density at radius 2 is 2.06 bits per heavy atom. The van der Waals surface area contributed by atoms with Gasteiger partial charge in [0.05, 0.1) is 5.69 Å². The summed E-state index contributed by atoms with van der Waals surface area (Å²) in [5, 5.41) is 0. The normalized spacial score (nSPS) is 13.4. The van der Waals surface area contributed by atoms with E-state index >= 15 is 0 Å². The molecule has 0 aromatic heterocycles. The van der Waals surface area contributed by atoms with Crippen LogP contribution in [0.1, 0.15) is 26.3 Å². The highest BCUT2D eigenvalue weighted by Gasteiger charge is 2.18. The zero-order valence-electron chi connectivity index (χ0n) is 10.1. The van der Waals surface area contributed by atoms with Crippen LogP contribution < -0.4 is 4.74 Å². The number of nitrogens with zero attached hydrogens (tertiary/aromatic N) is 1. The third kappa shape index (κ3) is 3.06. The SMILES string of the molecule is CC(C)(C)OC(=O)Oc1ccc2c(c1)N=C[CH]2. The molecule has 0 unspecified atom stereocenters. The number of carbonyl (C=O) groups is 1. The maximum Gasteiger partial charge on any atom is 0.514 e. The van der Waals surface area contributed by atoms with Crippen molar-refractivity contribution >= 4 is 18.1 Å². The van der Waals surface area contributed by atoms with Crippen molar-refractivity contribution in [2.24, 2.45) is 4.99 Å². The van der Waals surface area contributed by atoms with Crippen molar-refractivity contribution in [3.05, 3.63) is 30.2 Å². The molecule has 0 N–H and O–H groups in total. The molecular formula is C13H14NO3. The molecule has 1 aliphatic rings. The Labute approximate surface area is 100 Å². The lowest BCUT2D eigenvalue weighted by Crippen LogP contribution is -2.25. The summed E-state index contributed by atoms with van der Waals surface area (Å²) >= 11 is 0. The van der Waals surface area contributed by atoms with Crippen molar-refractivity contribution in [3.8, 4) is 5.75 Å². The highest BCUT2D eigenvalue weighted by atomic mass is 16.7. The molecule has 0 spiro atoms. The van der Waals surface area contributed by atoms with Crippen molar-refractivity contribution in [3.63, 3.8) is 0 Å². The maximum atomic E-state index is 11.4. The molecule has 0 saturated heterocycles.